The Morgan fingerprint density at radius 3 is 2.70 bits per heavy atom. The summed E-state index contributed by atoms with van der Waals surface area (Å²) in [6, 6.07) is 2.04. The van der Waals surface area contributed by atoms with E-state index in [4.69, 9.17) is 4.74 Å². The minimum Gasteiger partial charge on any atom is -0.381 e. The minimum atomic E-state index is -0.174. The molecule has 0 aliphatic heterocycles. The van der Waals surface area contributed by atoms with Gasteiger partial charge in [0.15, 0.2) is 0 Å². The molecule has 2 aromatic heterocycles. The molecular weight excluding hydrogens is 294 g/mol. The molecule has 0 unspecified atom stereocenters. The predicted octanol–water partition coefficient (Wildman–Crippen LogP) is 2.36. The largest absolute Gasteiger partial charge is 0.381 e. The molecule has 1 aliphatic rings. The van der Waals surface area contributed by atoms with Crippen LogP contribution in [0.15, 0.2) is 24.7 Å². The van der Waals surface area contributed by atoms with Crippen molar-refractivity contribution in [2.45, 2.75) is 44.8 Å². The van der Waals surface area contributed by atoms with Crippen molar-refractivity contribution in [1.82, 2.24) is 20.0 Å². The van der Waals surface area contributed by atoms with Gasteiger partial charge in [-0.25, -0.2) is 0 Å². The molecule has 3 rings (SSSR count). The number of carbonyl (C=O) groups excluding carboxylic acids is 1. The van der Waals surface area contributed by atoms with Gasteiger partial charge in [0.1, 0.15) is 0 Å². The van der Waals surface area contributed by atoms with Gasteiger partial charge >= 0.3 is 0 Å². The molecule has 1 fully saturated rings. The summed E-state index contributed by atoms with van der Waals surface area (Å²) in [6.45, 7) is 1.94. The van der Waals surface area contributed by atoms with Gasteiger partial charge in [0.05, 0.1) is 42.0 Å². The maximum atomic E-state index is 12.4. The van der Waals surface area contributed by atoms with Crippen molar-refractivity contribution in [3.63, 3.8) is 0 Å². The van der Waals surface area contributed by atoms with E-state index >= 15 is 0 Å². The quantitative estimate of drug-likeness (QED) is 0.936. The highest BCUT2D eigenvalue weighted by Crippen LogP contribution is 2.30. The second-order valence-electron chi connectivity index (χ2n) is 5.84. The Kier molecular flexibility index (Phi) is 4.66. The first-order valence-electron chi connectivity index (χ1n) is 7.84. The smallest absolute Gasteiger partial charge is 0.259 e. The Labute approximate surface area is 135 Å². The summed E-state index contributed by atoms with van der Waals surface area (Å²) in [5, 5.41) is 14.7. The molecule has 0 spiro atoms. The van der Waals surface area contributed by atoms with Gasteiger partial charge in [0, 0.05) is 12.8 Å². The molecule has 1 amide bonds. The number of hydrogen-bond donors (Lipinski definition) is 1. The average molecular weight is 315 g/mol. The Morgan fingerprint density at radius 1 is 1.26 bits per heavy atom. The highest BCUT2D eigenvalue weighted by molar-refractivity contribution is 6.04. The summed E-state index contributed by atoms with van der Waals surface area (Å²) < 4.78 is 7.39. The van der Waals surface area contributed by atoms with E-state index < -0.39 is 0 Å². The van der Waals surface area contributed by atoms with Gasteiger partial charge in [-0.15, -0.1) is 0 Å². The standard InChI is InChI=1S/C16H21N5O2/c1-11-15(16(22)20-12-7-8-17-18-9-12)10-19-21(11)13-3-5-14(23-2)6-4-13/h7-10,13-14H,3-6H2,1-2H3,(H,17,20,22). The van der Waals surface area contributed by atoms with Crippen LogP contribution in [0.5, 0.6) is 0 Å². The summed E-state index contributed by atoms with van der Waals surface area (Å²) in [7, 11) is 1.76. The molecule has 23 heavy (non-hydrogen) atoms. The molecule has 122 valence electrons. The van der Waals surface area contributed by atoms with Crippen molar-refractivity contribution in [2.24, 2.45) is 0 Å². The maximum absolute atomic E-state index is 12.4. The van der Waals surface area contributed by atoms with Crippen molar-refractivity contribution >= 4 is 11.6 Å². The monoisotopic (exact) mass is 315 g/mol. The van der Waals surface area contributed by atoms with Crippen LogP contribution in [0.1, 0.15) is 47.8 Å². The maximum Gasteiger partial charge on any atom is 0.259 e. The molecule has 7 nitrogen and oxygen atoms in total. The number of nitrogens with one attached hydrogen (secondary N) is 1. The molecule has 0 bridgehead atoms. The Morgan fingerprint density at radius 2 is 2.04 bits per heavy atom. The van der Waals surface area contributed by atoms with E-state index in [1.807, 2.05) is 11.6 Å². The number of carbonyl (C=O) groups is 1. The van der Waals surface area contributed by atoms with Crippen LogP contribution in [-0.4, -0.2) is 39.1 Å². The lowest BCUT2D eigenvalue weighted by Crippen LogP contribution is -2.24. The van der Waals surface area contributed by atoms with Gasteiger partial charge in [0.2, 0.25) is 0 Å². The second-order valence-corrected chi connectivity index (χ2v) is 5.84. The summed E-state index contributed by atoms with van der Waals surface area (Å²) in [5.41, 5.74) is 2.11. The Hall–Kier alpha value is -2.28. The van der Waals surface area contributed by atoms with Gasteiger partial charge in [-0.05, 0) is 38.7 Å². The zero-order valence-electron chi connectivity index (χ0n) is 13.4. The number of nitrogens with zero attached hydrogens (tertiary/aromatic N) is 4. The van der Waals surface area contributed by atoms with E-state index in [0.29, 0.717) is 23.4 Å². The van der Waals surface area contributed by atoms with Gasteiger partial charge in [0.25, 0.3) is 5.91 Å². The SMILES string of the molecule is COC1CCC(n2ncc(C(=O)Nc3ccnnc3)c2C)CC1. The minimum absolute atomic E-state index is 0.174. The van der Waals surface area contributed by atoms with Crippen LogP contribution in [0.4, 0.5) is 5.69 Å². The number of methoxy groups -OCH3 is 1. The molecule has 0 aromatic carbocycles. The van der Waals surface area contributed by atoms with Crippen molar-refractivity contribution in [3.05, 3.63) is 35.9 Å². The third kappa shape index (κ3) is 3.39. The number of amides is 1. The summed E-state index contributed by atoms with van der Waals surface area (Å²) >= 11 is 0. The van der Waals surface area contributed by atoms with Crippen molar-refractivity contribution in [3.8, 4) is 0 Å². The fourth-order valence-corrected chi connectivity index (χ4v) is 3.10. The van der Waals surface area contributed by atoms with Crippen LogP contribution in [-0.2, 0) is 4.74 Å². The highest BCUT2D eigenvalue weighted by atomic mass is 16.5. The van der Waals surface area contributed by atoms with Crippen LogP contribution in [0.25, 0.3) is 0 Å². The fraction of sp³-hybridized carbons (Fsp3) is 0.500. The normalized spacial score (nSPS) is 21.1. The lowest BCUT2D eigenvalue weighted by Gasteiger charge is -2.28. The first-order valence-corrected chi connectivity index (χ1v) is 7.84. The highest BCUT2D eigenvalue weighted by Gasteiger charge is 2.25. The molecule has 7 heteroatoms. The lowest BCUT2D eigenvalue weighted by molar-refractivity contribution is 0.0565. The Balaban J connectivity index is 1.71. The predicted molar refractivity (Wildman–Crippen MR) is 85.3 cm³/mol. The molecule has 2 aromatic rings. The average Bonchev–Trinajstić information content (AvgIpc) is 2.97. The molecule has 0 saturated heterocycles. The third-order valence-corrected chi connectivity index (χ3v) is 4.45. The van der Waals surface area contributed by atoms with E-state index in [1.165, 1.54) is 6.20 Å². The summed E-state index contributed by atoms with van der Waals surface area (Å²) in [4.78, 5) is 12.4. The first kappa shape index (κ1) is 15.6. The van der Waals surface area contributed by atoms with Gasteiger partial charge in [-0.1, -0.05) is 0 Å². The summed E-state index contributed by atoms with van der Waals surface area (Å²) in [5.74, 6) is -0.174. The second kappa shape index (κ2) is 6.87. The number of anilines is 1. The van der Waals surface area contributed by atoms with E-state index in [9.17, 15) is 4.79 Å². The van der Waals surface area contributed by atoms with Gasteiger partial charge < -0.3 is 10.1 Å². The molecule has 0 radical (unpaired) electrons. The van der Waals surface area contributed by atoms with E-state index in [1.54, 1.807) is 25.6 Å². The van der Waals surface area contributed by atoms with Crippen molar-refractivity contribution < 1.29 is 9.53 Å². The molecule has 1 aliphatic carbocycles. The number of rotatable bonds is 4. The Bertz CT molecular complexity index is 662. The number of hydrogen-bond acceptors (Lipinski definition) is 5. The molecule has 2 heterocycles. The van der Waals surface area contributed by atoms with Crippen LogP contribution in [0.3, 0.4) is 0 Å². The summed E-state index contributed by atoms with van der Waals surface area (Å²) in [6.07, 6.45) is 9.16. The zero-order valence-corrected chi connectivity index (χ0v) is 13.4. The van der Waals surface area contributed by atoms with Crippen LogP contribution in [0.2, 0.25) is 0 Å². The van der Waals surface area contributed by atoms with Crippen molar-refractivity contribution in [1.29, 1.82) is 0 Å². The van der Waals surface area contributed by atoms with E-state index in [2.05, 4.69) is 20.6 Å². The van der Waals surface area contributed by atoms with Crippen LogP contribution in [0, 0.1) is 6.92 Å². The fourth-order valence-electron chi connectivity index (χ4n) is 3.10. The van der Waals surface area contributed by atoms with E-state index in [0.717, 1.165) is 31.4 Å². The van der Waals surface area contributed by atoms with Crippen LogP contribution < -0.4 is 5.32 Å². The lowest BCUT2D eigenvalue weighted by atomic mass is 9.93. The molecular formula is C16H21N5O2. The number of aromatic nitrogens is 4. The third-order valence-electron chi connectivity index (χ3n) is 4.45. The molecule has 1 N–H and O–H groups in total. The first-order chi connectivity index (χ1) is 11.2. The van der Waals surface area contributed by atoms with E-state index in [-0.39, 0.29) is 5.91 Å². The topological polar surface area (TPSA) is 81.9 Å². The molecule has 0 atom stereocenters. The van der Waals surface area contributed by atoms with Gasteiger partial charge in [-0.2, -0.15) is 15.3 Å². The van der Waals surface area contributed by atoms with Gasteiger partial charge in [-0.3, -0.25) is 9.48 Å². The zero-order chi connectivity index (χ0) is 16.2. The number of ether oxygens (including phenoxy) is 1. The van der Waals surface area contributed by atoms with Crippen molar-refractivity contribution in [2.75, 3.05) is 12.4 Å². The molecule has 1 saturated carbocycles. The van der Waals surface area contributed by atoms with Crippen LogP contribution >= 0.6 is 0 Å².